The minimum absolute atomic E-state index is 0.0137. The number of hydrogen-bond donors (Lipinski definition) is 1. The first-order valence-corrected chi connectivity index (χ1v) is 5.67. The number of ether oxygens (including phenoxy) is 1. The second-order valence-corrected chi connectivity index (χ2v) is 3.97. The van der Waals surface area contributed by atoms with Gasteiger partial charge in [0.25, 0.3) is 0 Å². The summed E-state index contributed by atoms with van der Waals surface area (Å²) in [6.07, 6.45) is 0. The third kappa shape index (κ3) is 2.58. The van der Waals surface area contributed by atoms with Crippen LogP contribution in [0.15, 0.2) is 41.1 Å². The lowest BCUT2D eigenvalue weighted by Crippen LogP contribution is -1.97. The molecule has 0 unspecified atom stereocenters. The van der Waals surface area contributed by atoms with E-state index in [-0.39, 0.29) is 6.61 Å². The van der Waals surface area contributed by atoms with Gasteiger partial charge in [-0.2, -0.15) is 11.3 Å². The Balaban J connectivity index is 2.04. The predicted octanol–water partition coefficient (Wildman–Crippen LogP) is 2.82. The summed E-state index contributed by atoms with van der Waals surface area (Å²) in [6.45, 7) is 0.570. The monoisotopic (exact) mass is 220 g/mol. The van der Waals surface area contributed by atoms with Gasteiger partial charge in [-0.15, -0.1) is 0 Å². The molecule has 0 saturated heterocycles. The van der Waals surface area contributed by atoms with Gasteiger partial charge in [-0.05, 0) is 28.5 Å². The molecule has 0 saturated carbocycles. The number of thiophene rings is 1. The molecule has 1 aromatic carbocycles. The van der Waals surface area contributed by atoms with Gasteiger partial charge in [0.15, 0.2) is 0 Å². The van der Waals surface area contributed by atoms with Gasteiger partial charge in [-0.1, -0.05) is 18.2 Å². The molecule has 0 bridgehead atoms. The SMILES string of the molecule is OCc1ccccc1OCc1ccsc1. The minimum Gasteiger partial charge on any atom is -0.489 e. The number of benzene rings is 1. The molecule has 1 aromatic heterocycles. The first-order chi connectivity index (χ1) is 7.40. The maximum Gasteiger partial charge on any atom is 0.125 e. The maximum absolute atomic E-state index is 9.10. The van der Waals surface area contributed by atoms with Gasteiger partial charge in [0.05, 0.1) is 6.61 Å². The molecule has 2 rings (SSSR count). The molecule has 0 radical (unpaired) electrons. The van der Waals surface area contributed by atoms with Crippen LogP contribution in [0.3, 0.4) is 0 Å². The lowest BCUT2D eigenvalue weighted by Gasteiger charge is -2.08. The van der Waals surface area contributed by atoms with Crippen molar-refractivity contribution in [3.05, 3.63) is 52.2 Å². The fourth-order valence-corrected chi connectivity index (χ4v) is 1.96. The number of aliphatic hydroxyl groups is 1. The third-order valence-electron chi connectivity index (χ3n) is 2.12. The van der Waals surface area contributed by atoms with E-state index in [4.69, 9.17) is 9.84 Å². The Bertz CT molecular complexity index is 409. The average molecular weight is 220 g/mol. The van der Waals surface area contributed by atoms with Crippen molar-refractivity contribution in [3.63, 3.8) is 0 Å². The Morgan fingerprint density at radius 3 is 2.80 bits per heavy atom. The van der Waals surface area contributed by atoms with Crippen LogP contribution in [0.2, 0.25) is 0 Å². The summed E-state index contributed by atoms with van der Waals surface area (Å²) in [5.74, 6) is 0.756. The average Bonchev–Trinajstić information content (AvgIpc) is 2.79. The Morgan fingerprint density at radius 2 is 2.07 bits per heavy atom. The van der Waals surface area contributed by atoms with Gasteiger partial charge < -0.3 is 9.84 Å². The van der Waals surface area contributed by atoms with E-state index in [0.29, 0.717) is 6.61 Å². The number of hydrogen-bond acceptors (Lipinski definition) is 3. The van der Waals surface area contributed by atoms with Crippen LogP contribution in [0.1, 0.15) is 11.1 Å². The molecule has 0 aliphatic carbocycles. The van der Waals surface area contributed by atoms with Crippen molar-refractivity contribution < 1.29 is 9.84 Å². The molecule has 1 N–H and O–H groups in total. The molecule has 0 aliphatic rings. The number of aliphatic hydroxyl groups excluding tert-OH is 1. The molecule has 0 spiro atoms. The summed E-state index contributed by atoms with van der Waals surface area (Å²) >= 11 is 1.66. The normalized spacial score (nSPS) is 10.2. The smallest absolute Gasteiger partial charge is 0.125 e. The summed E-state index contributed by atoms with van der Waals surface area (Å²) in [4.78, 5) is 0. The van der Waals surface area contributed by atoms with Crippen molar-refractivity contribution in [2.75, 3.05) is 0 Å². The molecule has 0 aliphatic heterocycles. The fourth-order valence-electron chi connectivity index (χ4n) is 1.31. The van der Waals surface area contributed by atoms with Crippen LogP contribution in [-0.4, -0.2) is 5.11 Å². The lowest BCUT2D eigenvalue weighted by molar-refractivity contribution is 0.259. The molecule has 0 fully saturated rings. The molecule has 1 heterocycles. The first kappa shape index (κ1) is 10.2. The largest absolute Gasteiger partial charge is 0.489 e. The van der Waals surface area contributed by atoms with Crippen molar-refractivity contribution in [3.8, 4) is 5.75 Å². The van der Waals surface area contributed by atoms with Crippen molar-refractivity contribution in [1.82, 2.24) is 0 Å². The van der Waals surface area contributed by atoms with Crippen LogP contribution in [0.4, 0.5) is 0 Å². The Morgan fingerprint density at radius 1 is 1.20 bits per heavy atom. The van der Waals surface area contributed by atoms with Crippen molar-refractivity contribution >= 4 is 11.3 Å². The summed E-state index contributed by atoms with van der Waals surface area (Å²) < 4.78 is 5.62. The molecule has 78 valence electrons. The van der Waals surface area contributed by atoms with E-state index in [1.165, 1.54) is 0 Å². The summed E-state index contributed by atoms with van der Waals surface area (Å²) in [6, 6.07) is 9.57. The predicted molar refractivity (Wildman–Crippen MR) is 61.0 cm³/mol. The zero-order valence-electron chi connectivity index (χ0n) is 8.22. The highest BCUT2D eigenvalue weighted by Gasteiger charge is 2.01. The quantitative estimate of drug-likeness (QED) is 0.858. The Hall–Kier alpha value is -1.32. The van der Waals surface area contributed by atoms with Crippen LogP contribution in [-0.2, 0) is 13.2 Å². The molecule has 15 heavy (non-hydrogen) atoms. The lowest BCUT2D eigenvalue weighted by atomic mass is 10.2. The van der Waals surface area contributed by atoms with Gasteiger partial charge in [0.2, 0.25) is 0 Å². The summed E-state index contributed by atoms with van der Waals surface area (Å²) in [5, 5.41) is 13.2. The standard InChI is InChI=1S/C12H12O2S/c13-7-11-3-1-2-4-12(11)14-8-10-5-6-15-9-10/h1-6,9,13H,7-8H2. The highest BCUT2D eigenvalue weighted by Crippen LogP contribution is 2.19. The van der Waals surface area contributed by atoms with Crippen LogP contribution in [0, 0.1) is 0 Å². The molecular weight excluding hydrogens is 208 g/mol. The van der Waals surface area contributed by atoms with Crippen LogP contribution < -0.4 is 4.74 Å². The van der Waals surface area contributed by atoms with Crippen molar-refractivity contribution in [2.24, 2.45) is 0 Å². The van der Waals surface area contributed by atoms with E-state index in [1.54, 1.807) is 11.3 Å². The van der Waals surface area contributed by atoms with Crippen molar-refractivity contribution in [2.45, 2.75) is 13.2 Å². The minimum atomic E-state index is 0.0137. The van der Waals surface area contributed by atoms with E-state index < -0.39 is 0 Å². The maximum atomic E-state index is 9.10. The zero-order valence-corrected chi connectivity index (χ0v) is 9.04. The highest BCUT2D eigenvalue weighted by molar-refractivity contribution is 7.07. The molecule has 3 heteroatoms. The Labute approximate surface area is 92.8 Å². The molecule has 0 amide bonds. The van der Waals surface area contributed by atoms with Gasteiger partial charge in [-0.3, -0.25) is 0 Å². The highest BCUT2D eigenvalue weighted by atomic mass is 32.1. The van der Waals surface area contributed by atoms with Gasteiger partial charge >= 0.3 is 0 Å². The first-order valence-electron chi connectivity index (χ1n) is 4.73. The third-order valence-corrected chi connectivity index (χ3v) is 2.85. The second kappa shape index (κ2) is 4.96. The van der Waals surface area contributed by atoms with E-state index in [0.717, 1.165) is 16.9 Å². The zero-order chi connectivity index (χ0) is 10.5. The number of rotatable bonds is 4. The molecule has 0 atom stereocenters. The molecule has 2 nitrogen and oxygen atoms in total. The summed E-state index contributed by atoms with van der Waals surface area (Å²) in [7, 11) is 0. The fraction of sp³-hybridized carbons (Fsp3) is 0.167. The van der Waals surface area contributed by atoms with E-state index >= 15 is 0 Å². The van der Waals surface area contributed by atoms with Gasteiger partial charge in [-0.25, -0.2) is 0 Å². The van der Waals surface area contributed by atoms with E-state index in [1.807, 2.05) is 35.7 Å². The topological polar surface area (TPSA) is 29.5 Å². The molecule has 2 aromatic rings. The summed E-state index contributed by atoms with van der Waals surface area (Å²) in [5.41, 5.74) is 1.99. The Kier molecular flexibility index (Phi) is 3.37. The van der Waals surface area contributed by atoms with Gasteiger partial charge in [0, 0.05) is 5.56 Å². The van der Waals surface area contributed by atoms with Crippen LogP contribution in [0.25, 0.3) is 0 Å². The van der Waals surface area contributed by atoms with Crippen LogP contribution >= 0.6 is 11.3 Å². The second-order valence-electron chi connectivity index (χ2n) is 3.19. The van der Waals surface area contributed by atoms with Crippen molar-refractivity contribution in [1.29, 1.82) is 0 Å². The van der Waals surface area contributed by atoms with E-state index in [9.17, 15) is 0 Å². The van der Waals surface area contributed by atoms with Gasteiger partial charge in [0.1, 0.15) is 12.4 Å². The van der Waals surface area contributed by atoms with Crippen LogP contribution in [0.5, 0.6) is 5.75 Å². The van der Waals surface area contributed by atoms with E-state index in [2.05, 4.69) is 5.38 Å². The number of para-hydroxylation sites is 1. The molecular formula is C12H12O2S.